The van der Waals surface area contributed by atoms with Crippen LogP contribution in [0.3, 0.4) is 0 Å². The lowest BCUT2D eigenvalue weighted by Crippen LogP contribution is -2.17. The number of fused-ring (bicyclic) bond motifs is 1. The smallest absolute Gasteiger partial charge is 0.506 e. The molecule has 0 bridgehead atoms. The van der Waals surface area contributed by atoms with Crippen molar-refractivity contribution in [3.63, 3.8) is 0 Å². The van der Waals surface area contributed by atoms with E-state index in [4.69, 9.17) is 19.0 Å². The van der Waals surface area contributed by atoms with E-state index in [1.54, 1.807) is 19.1 Å². The molecule has 0 radical (unpaired) electrons. The van der Waals surface area contributed by atoms with E-state index in [0.29, 0.717) is 16.6 Å². The number of phenols is 1. The lowest BCUT2D eigenvalue weighted by atomic mass is 10.1. The molecule has 0 fully saturated rings. The zero-order valence-electron chi connectivity index (χ0n) is 18.9. The molecular formula is C22H23N5O7. The average Bonchev–Trinajstić information content (AvgIpc) is 3.37. The van der Waals surface area contributed by atoms with E-state index in [1.807, 2.05) is 19.9 Å². The molecule has 178 valence electrons. The molecule has 4 rings (SSSR count). The third-order valence-corrected chi connectivity index (χ3v) is 4.72. The summed E-state index contributed by atoms with van der Waals surface area (Å²) in [6, 6.07) is 7.90. The maximum Gasteiger partial charge on any atom is 0.513 e. The van der Waals surface area contributed by atoms with Gasteiger partial charge in [0.15, 0.2) is 11.5 Å². The first-order valence-corrected chi connectivity index (χ1v) is 10.4. The van der Waals surface area contributed by atoms with Gasteiger partial charge in [-0.2, -0.15) is 4.73 Å². The van der Waals surface area contributed by atoms with Crippen molar-refractivity contribution in [2.45, 2.75) is 26.9 Å². The number of hydrogen-bond donors (Lipinski definition) is 2. The SMILES string of the molecule is CCOC(=O)Oc1cc(O)c(-n2nnc(O)c2-c2cccc3c2ncn3OC(C)C)cc1OC. The van der Waals surface area contributed by atoms with Crippen molar-refractivity contribution in [1.29, 1.82) is 0 Å². The first-order valence-electron chi connectivity index (χ1n) is 10.4. The topological polar surface area (TPSA) is 143 Å². The largest absolute Gasteiger partial charge is 0.513 e. The molecule has 2 aromatic carbocycles. The molecular weight excluding hydrogens is 446 g/mol. The van der Waals surface area contributed by atoms with Crippen LogP contribution >= 0.6 is 0 Å². The van der Waals surface area contributed by atoms with E-state index in [9.17, 15) is 15.0 Å². The zero-order valence-corrected chi connectivity index (χ0v) is 18.9. The summed E-state index contributed by atoms with van der Waals surface area (Å²) >= 11 is 0. The van der Waals surface area contributed by atoms with Crippen molar-refractivity contribution < 1.29 is 34.1 Å². The van der Waals surface area contributed by atoms with Gasteiger partial charge in [0.2, 0.25) is 0 Å². The van der Waals surface area contributed by atoms with Crippen LogP contribution in [0.4, 0.5) is 4.79 Å². The molecule has 0 aliphatic heterocycles. The minimum absolute atomic E-state index is 0.0558. The summed E-state index contributed by atoms with van der Waals surface area (Å²) in [5.41, 5.74) is 1.98. The molecule has 0 atom stereocenters. The Bertz CT molecular complexity index is 1350. The molecule has 0 saturated heterocycles. The molecule has 34 heavy (non-hydrogen) atoms. The number of aromatic hydroxyl groups is 2. The number of hydrogen-bond acceptors (Lipinski definition) is 10. The van der Waals surface area contributed by atoms with Crippen molar-refractivity contribution in [2.24, 2.45) is 0 Å². The number of rotatable bonds is 7. The fourth-order valence-electron chi connectivity index (χ4n) is 3.38. The number of aromatic nitrogens is 5. The van der Waals surface area contributed by atoms with Crippen LogP contribution in [-0.2, 0) is 4.74 Å². The van der Waals surface area contributed by atoms with E-state index in [0.717, 1.165) is 0 Å². The maximum absolute atomic E-state index is 11.7. The van der Waals surface area contributed by atoms with Crippen molar-refractivity contribution in [2.75, 3.05) is 13.7 Å². The van der Waals surface area contributed by atoms with Gasteiger partial charge in [-0.15, -0.1) is 0 Å². The van der Waals surface area contributed by atoms with Gasteiger partial charge in [-0.1, -0.05) is 22.4 Å². The standard InChI is InChI=1S/C22H23N5O7/c1-5-32-22(30)33-18-10-16(28)15(9-17(18)31-4)27-20(21(29)24-25-27)13-7-6-8-14-19(13)23-11-26(14)34-12(2)3/h6-12,28-29H,5H2,1-4H3. The number of carbonyl (C=O) groups excluding carboxylic acids is 1. The molecule has 12 nitrogen and oxygen atoms in total. The van der Waals surface area contributed by atoms with Gasteiger partial charge in [0.05, 0.1) is 13.7 Å². The van der Waals surface area contributed by atoms with Crippen LogP contribution in [0.5, 0.6) is 23.1 Å². The summed E-state index contributed by atoms with van der Waals surface area (Å²) in [7, 11) is 1.37. The first kappa shape index (κ1) is 22.7. The summed E-state index contributed by atoms with van der Waals surface area (Å²) in [6.07, 6.45) is 0.501. The van der Waals surface area contributed by atoms with Crippen molar-refractivity contribution in [1.82, 2.24) is 24.7 Å². The highest BCUT2D eigenvalue weighted by molar-refractivity contribution is 5.92. The Morgan fingerprint density at radius 1 is 1.18 bits per heavy atom. The van der Waals surface area contributed by atoms with Crippen molar-refractivity contribution >= 4 is 17.2 Å². The fourth-order valence-corrected chi connectivity index (χ4v) is 3.38. The van der Waals surface area contributed by atoms with Crippen LogP contribution < -0.4 is 14.3 Å². The molecule has 0 aliphatic carbocycles. The van der Waals surface area contributed by atoms with Gasteiger partial charge in [0, 0.05) is 17.7 Å². The third kappa shape index (κ3) is 4.12. The number of nitrogens with zero attached hydrogens (tertiary/aromatic N) is 5. The third-order valence-electron chi connectivity index (χ3n) is 4.72. The molecule has 12 heteroatoms. The minimum Gasteiger partial charge on any atom is -0.506 e. The predicted molar refractivity (Wildman–Crippen MR) is 119 cm³/mol. The summed E-state index contributed by atoms with van der Waals surface area (Å²) in [4.78, 5) is 21.9. The number of carbonyl (C=O) groups is 1. The van der Waals surface area contributed by atoms with E-state index < -0.39 is 6.16 Å². The summed E-state index contributed by atoms with van der Waals surface area (Å²) in [6.45, 7) is 5.55. The summed E-state index contributed by atoms with van der Waals surface area (Å²) in [5, 5.41) is 29.0. The molecule has 0 unspecified atom stereocenters. The van der Waals surface area contributed by atoms with Crippen molar-refractivity contribution in [3.05, 3.63) is 36.7 Å². The number of para-hydroxylation sites is 1. The van der Waals surface area contributed by atoms with Gasteiger partial charge in [0.1, 0.15) is 40.6 Å². The highest BCUT2D eigenvalue weighted by atomic mass is 16.7. The van der Waals surface area contributed by atoms with Crippen molar-refractivity contribution in [3.8, 4) is 40.1 Å². The highest BCUT2D eigenvalue weighted by Crippen LogP contribution is 2.40. The van der Waals surface area contributed by atoms with Gasteiger partial charge in [-0.3, -0.25) is 0 Å². The Morgan fingerprint density at radius 2 is 1.97 bits per heavy atom. The summed E-state index contributed by atoms with van der Waals surface area (Å²) < 4.78 is 17.9. The predicted octanol–water partition coefficient (Wildman–Crippen LogP) is 3.08. The Balaban J connectivity index is 1.83. The van der Waals surface area contributed by atoms with E-state index >= 15 is 0 Å². The minimum atomic E-state index is -0.946. The van der Waals surface area contributed by atoms with Gasteiger partial charge >= 0.3 is 6.16 Å². The first-order chi connectivity index (χ1) is 16.3. The normalized spacial score (nSPS) is 11.1. The molecule has 2 heterocycles. The van der Waals surface area contributed by atoms with Crippen LogP contribution in [0.25, 0.3) is 28.0 Å². The Labute approximate surface area is 193 Å². The molecule has 0 aliphatic rings. The molecule has 0 spiro atoms. The molecule has 2 N–H and O–H groups in total. The maximum atomic E-state index is 11.7. The van der Waals surface area contributed by atoms with Gasteiger partial charge in [-0.05, 0) is 26.8 Å². The fraction of sp³-hybridized carbons (Fsp3) is 0.273. The lowest BCUT2D eigenvalue weighted by Gasteiger charge is -2.14. The van der Waals surface area contributed by atoms with Gasteiger partial charge in [-0.25, -0.2) is 14.5 Å². The number of phenolic OH excluding ortho intramolecular Hbond substituents is 1. The molecule has 0 saturated carbocycles. The zero-order chi connectivity index (χ0) is 24.4. The van der Waals surface area contributed by atoms with Gasteiger partial charge < -0.3 is 29.3 Å². The highest BCUT2D eigenvalue weighted by Gasteiger charge is 2.24. The summed E-state index contributed by atoms with van der Waals surface area (Å²) in [5.74, 6) is -0.626. The second-order valence-electron chi connectivity index (χ2n) is 7.35. The van der Waals surface area contributed by atoms with Crippen LogP contribution in [0, 0.1) is 0 Å². The lowest BCUT2D eigenvalue weighted by molar-refractivity contribution is 0.0674. The Kier molecular flexibility index (Phi) is 6.13. The van der Waals surface area contributed by atoms with Crippen LogP contribution in [0.2, 0.25) is 0 Å². The average molecular weight is 469 g/mol. The van der Waals surface area contributed by atoms with E-state index in [-0.39, 0.29) is 47.2 Å². The quantitative estimate of drug-likeness (QED) is 0.306. The van der Waals surface area contributed by atoms with Gasteiger partial charge in [0.25, 0.3) is 5.88 Å². The molecule has 4 aromatic rings. The molecule has 2 aromatic heterocycles. The second kappa shape index (κ2) is 9.17. The molecule has 0 amide bonds. The second-order valence-corrected chi connectivity index (χ2v) is 7.35. The number of ether oxygens (including phenoxy) is 3. The Hall–Kier alpha value is -4.48. The van der Waals surface area contributed by atoms with E-state index in [1.165, 1.54) is 35.0 Å². The monoisotopic (exact) mass is 469 g/mol. The number of imidazole rings is 1. The van der Waals surface area contributed by atoms with Crippen LogP contribution in [0.15, 0.2) is 36.7 Å². The number of methoxy groups -OCH3 is 1. The number of benzene rings is 2. The Morgan fingerprint density at radius 3 is 2.68 bits per heavy atom. The van der Waals surface area contributed by atoms with Crippen LogP contribution in [-0.4, -0.2) is 60.9 Å². The van der Waals surface area contributed by atoms with E-state index in [2.05, 4.69) is 15.3 Å². The van der Waals surface area contributed by atoms with Crippen LogP contribution in [0.1, 0.15) is 20.8 Å².